The highest BCUT2D eigenvalue weighted by molar-refractivity contribution is 5.74. The fourth-order valence-electron chi connectivity index (χ4n) is 2.08. The van der Waals surface area contributed by atoms with Gasteiger partial charge in [0.1, 0.15) is 0 Å². The van der Waals surface area contributed by atoms with E-state index in [-0.39, 0.29) is 12.1 Å². The molecular weight excluding hydrogens is 208 g/mol. The van der Waals surface area contributed by atoms with Crippen LogP contribution in [0.3, 0.4) is 0 Å². The second kappa shape index (κ2) is 6.70. The van der Waals surface area contributed by atoms with Gasteiger partial charge in [0.2, 0.25) is 0 Å². The average Bonchev–Trinajstić information content (AvgIpc) is 2.71. The molecule has 2 amide bonds. The maximum atomic E-state index is 11.6. The largest absolute Gasteiger partial charge is 0.354 e. The van der Waals surface area contributed by atoms with Crippen LogP contribution >= 0.6 is 0 Å². The monoisotopic (exact) mass is 230 g/mol. The molecular formula is C11H22N2O3. The number of hydrogen-bond donors (Lipinski definition) is 2. The Morgan fingerprint density at radius 2 is 1.81 bits per heavy atom. The normalized spacial score (nSPS) is 18.8. The second-order valence-corrected chi connectivity index (χ2v) is 4.23. The summed E-state index contributed by atoms with van der Waals surface area (Å²) in [4.78, 5) is 11.6. The lowest BCUT2D eigenvalue weighted by Crippen LogP contribution is -2.49. The molecule has 1 aliphatic rings. The Bertz CT molecular complexity index is 213. The Hall–Kier alpha value is -0.810. The minimum absolute atomic E-state index is 0.140. The van der Waals surface area contributed by atoms with Crippen LogP contribution in [0.2, 0.25) is 0 Å². The summed E-state index contributed by atoms with van der Waals surface area (Å²) in [6.07, 6.45) is 4.17. The van der Waals surface area contributed by atoms with E-state index < -0.39 is 6.29 Å². The molecule has 1 aliphatic carbocycles. The molecule has 1 atom stereocenters. The zero-order valence-electron chi connectivity index (χ0n) is 10.3. The third-order valence-corrected chi connectivity index (χ3v) is 2.92. The molecule has 0 aromatic heterocycles. The maximum absolute atomic E-state index is 11.6. The Morgan fingerprint density at radius 3 is 2.31 bits per heavy atom. The summed E-state index contributed by atoms with van der Waals surface area (Å²) < 4.78 is 10.1. The summed E-state index contributed by atoms with van der Waals surface area (Å²) in [6, 6.07) is 0.0191. The van der Waals surface area contributed by atoms with Crippen molar-refractivity contribution in [1.29, 1.82) is 0 Å². The van der Waals surface area contributed by atoms with E-state index in [2.05, 4.69) is 10.6 Å². The van der Waals surface area contributed by atoms with Gasteiger partial charge in [-0.3, -0.25) is 0 Å². The van der Waals surface area contributed by atoms with Crippen LogP contribution in [0.5, 0.6) is 0 Å². The third kappa shape index (κ3) is 3.98. The Balaban J connectivity index is 2.26. The lowest BCUT2D eigenvalue weighted by molar-refractivity contribution is -0.117. The number of methoxy groups -OCH3 is 2. The molecule has 5 nitrogen and oxygen atoms in total. The van der Waals surface area contributed by atoms with Gasteiger partial charge in [-0.25, -0.2) is 4.79 Å². The fourth-order valence-corrected chi connectivity index (χ4v) is 2.08. The summed E-state index contributed by atoms with van der Waals surface area (Å²) >= 11 is 0. The molecule has 1 saturated carbocycles. The first-order valence-corrected chi connectivity index (χ1v) is 5.80. The lowest BCUT2D eigenvalue weighted by Gasteiger charge is -2.23. The van der Waals surface area contributed by atoms with Crippen LogP contribution in [-0.2, 0) is 9.47 Å². The third-order valence-electron chi connectivity index (χ3n) is 2.92. The van der Waals surface area contributed by atoms with Gasteiger partial charge in [0, 0.05) is 20.3 Å². The van der Waals surface area contributed by atoms with Crippen LogP contribution in [0, 0.1) is 0 Å². The van der Waals surface area contributed by atoms with Crippen LogP contribution in [0.15, 0.2) is 0 Å². The molecule has 1 unspecified atom stereocenters. The van der Waals surface area contributed by atoms with Gasteiger partial charge in [-0.2, -0.15) is 0 Å². The first-order valence-electron chi connectivity index (χ1n) is 5.80. The van der Waals surface area contributed by atoms with Crippen molar-refractivity contribution < 1.29 is 14.3 Å². The predicted octanol–water partition coefficient (Wildman–Crippen LogP) is 1.24. The zero-order chi connectivity index (χ0) is 12.0. The van der Waals surface area contributed by atoms with E-state index in [0.29, 0.717) is 6.04 Å². The van der Waals surface area contributed by atoms with Gasteiger partial charge in [0.15, 0.2) is 6.29 Å². The number of ether oxygens (including phenoxy) is 2. The van der Waals surface area contributed by atoms with E-state index in [1.54, 1.807) is 14.2 Å². The molecule has 1 rings (SSSR count). The molecule has 94 valence electrons. The number of hydrogen-bond acceptors (Lipinski definition) is 3. The molecule has 0 aliphatic heterocycles. The van der Waals surface area contributed by atoms with E-state index in [1.165, 1.54) is 12.8 Å². The number of rotatable bonds is 5. The molecule has 0 heterocycles. The highest BCUT2D eigenvalue weighted by Crippen LogP contribution is 2.17. The van der Waals surface area contributed by atoms with Crippen molar-refractivity contribution in [2.45, 2.75) is 51.0 Å². The molecule has 0 radical (unpaired) electrons. The summed E-state index contributed by atoms with van der Waals surface area (Å²) in [5.41, 5.74) is 0. The zero-order valence-corrected chi connectivity index (χ0v) is 10.3. The van der Waals surface area contributed by atoms with E-state index in [0.717, 1.165) is 12.8 Å². The Morgan fingerprint density at radius 1 is 1.25 bits per heavy atom. The van der Waals surface area contributed by atoms with Gasteiger partial charge < -0.3 is 20.1 Å². The average molecular weight is 230 g/mol. The first kappa shape index (κ1) is 13.3. The number of carbonyl (C=O) groups is 1. The molecule has 0 saturated heterocycles. The van der Waals surface area contributed by atoms with Crippen molar-refractivity contribution in [2.24, 2.45) is 0 Å². The maximum Gasteiger partial charge on any atom is 0.315 e. The summed E-state index contributed by atoms with van der Waals surface area (Å²) in [6.45, 7) is 1.85. The van der Waals surface area contributed by atoms with Crippen molar-refractivity contribution in [3.05, 3.63) is 0 Å². The fraction of sp³-hybridized carbons (Fsp3) is 0.909. The van der Waals surface area contributed by atoms with Crippen molar-refractivity contribution in [3.8, 4) is 0 Å². The second-order valence-electron chi connectivity index (χ2n) is 4.23. The molecule has 1 fully saturated rings. The van der Waals surface area contributed by atoms with Crippen molar-refractivity contribution in [2.75, 3.05) is 14.2 Å². The van der Waals surface area contributed by atoms with Gasteiger partial charge >= 0.3 is 6.03 Å². The molecule has 5 heteroatoms. The van der Waals surface area contributed by atoms with E-state index in [1.807, 2.05) is 6.92 Å². The van der Waals surface area contributed by atoms with Gasteiger partial charge in [0.05, 0.1) is 6.04 Å². The van der Waals surface area contributed by atoms with Crippen molar-refractivity contribution >= 4 is 6.03 Å². The molecule has 2 N–H and O–H groups in total. The van der Waals surface area contributed by atoms with Crippen molar-refractivity contribution in [3.63, 3.8) is 0 Å². The van der Waals surface area contributed by atoms with Crippen molar-refractivity contribution in [1.82, 2.24) is 10.6 Å². The Labute approximate surface area is 96.9 Å². The quantitative estimate of drug-likeness (QED) is 0.698. The van der Waals surface area contributed by atoms with Crippen LogP contribution in [0.1, 0.15) is 32.6 Å². The number of urea groups is 1. The van der Waals surface area contributed by atoms with Gasteiger partial charge in [-0.05, 0) is 19.8 Å². The standard InChI is InChI=1S/C11H22N2O3/c1-8(10(15-2)16-3)12-11(14)13-9-6-4-5-7-9/h8-10H,4-7H2,1-3H3,(H2,12,13,14). The van der Waals surface area contributed by atoms with E-state index >= 15 is 0 Å². The molecule has 0 aromatic rings. The topological polar surface area (TPSA) is 59.6 Å². The summed E-state index contributed by atoms with van der Waals surface area (Å²) in [7, 11) is 3.11. The van der Waals surface area contributed by atoms with E-state index in [4.69, 9.17) is 9.47 Å². The SMILES string of the molecule is COC(OC)C(C)NC(=O)NC1CCCC1. The van der Waals surface area contributed by atoms with Crippen LogP contribution in [0.25, 0.3) is 0 Å². The number of nitrogens with one attached hydrogen (secondary N) is 2. The molecule has 0 bridgehead atoms. The smallest absolute Gasteiger partial charge is 0.315 e. The first-order chi connectivity index (χ1) is 7.67. The molecule has 0 spiro atoms. The van der Waals surface area contributed by atoms with Crippen LogP contribution in [-0.4, -0.2) is 38.6 Å². The summed E-state index contributed by atoms with van der Waals surface area (Å²) in [5, 5.41) is 5.76. The highest BCUT2D eigenvalue weighted by atomic mass is 16.7. The number of amides is 2. The minimum Gasteiger partial charge on any atom is -0.354 e. The molecule has 0 aromatic carbocycles. The van der Waals surface area contributed by atoms with Crippen LogP contribution in [0.4, 0.5) is 4.79 Å². The van der Waals surface area contributed by atoms with Gasteiger partial charge in [-0.1, -0.05) is 12.8 Å². The summed E-state index contributed by atoms with van der Waals surface area (Å²) in [5.74, 6) is 0. The molecule has 16 heavy (non-hydrogen) atoms. The van der Waals surface area contributed by atoms with E-state index in [9.17, 15) is 4.79 Å². The number of carbonyl (C=O) groups excluding carboxylic acids is 1. The van der Waals surface area contributed by atoms with Gasteiger partial charge in [0.25, 0.3) is 0 Å². The Kier molecular flexibility index (Phi) is 5.55. The lowest BCUT2D eigenvalue weighted by atomic mass is 10.2. The predicted molar refractivity (Wildman–Crippen MR) is 61.2 cm³/mol. The van der Waals surface area contributed by atoms with Crippen LogP contribution < -0.4 is 10.6 Å². The minimum atomic E-state index is -0.408. The highest BCUT2D eigenvalue weighted by Gasteiger charge is 2.21. The van der Waals surface area contributed by atoms with Gasteiger partial charge in [-0.15, -0.1) is 0 Å².